The number of ether oxygens (including phenoxy) is 1. The Hall–Kier alpha value is -1.56. The van der Waals surface area contributed by atoms with Crippen LogP contribution in [0.3, 0.4) is 0 Å². The summed E-state index contributed by atoms with van der Waals surface area (Å²) in [6.07, 6.45) is 5.44. The van der Waals surface area contributed by atoms with Gasteiger partial charge in [0, 0.05) is 33.0 Å². The highest BCUT2D eigenvalue weighted by atomic mass is 16.5. The van der Waals surface area contributed by atoms with E-state index in [-0.39, 0.29) is 0 Å². The molecule has 0 aliphatic heterocycles. The van der Waals surface area contributed by atoms with Gasteiger partial charge >= 0.3 is 0 Å². The molecule has 1 aromatic rings. The minimum atomic E-state index is 0.692. The lowest BCUT2D eigenvalue weighted by atomic mass is 10.4. The third-order valence-corrected chi connectivity index (χ3v) is 3.04. The first-order valence-electron chi connectivity index (χ1n) is 6.89. The van der Waals surface area contributed by atoms with E-state index in [0.29, 0.717) is 6.54 Å². The summed E-state index contributed by atoms with van der Waals surface area (Å²) in [5, 5.41) is 13.3. The van der Waals surface area contributed by atoms with E-state index in [4.69, 9.17) is 4.74 Å². The molecule has 1 saturated carbocycles. The average Bonchev–Trinajstić information content (AvgIpc) is 3.11. The molecule has 0 bridgehead atoms. The van der Waals surface area contributed by atoms with Crippen LogP contribution >= 0.6 is 0 Å². The second-order valence-corrected chi connectivity index (χ2v) is 4.81. The number of aliphatic imine (C=N–C) groups is 1. The number of rotatable bonds is 8. The molecule has 1 fully saturated rings. The van der Waals surface area contributed by atoms with Gasteiger partial charge in [0.15, 0.2) is 5.96 Å². The summed E-state index contributed by atoms with van der Waals surface area (Å²) >= 11 is 0. The van der Waals surface area contributed by atoms with Crippen molar-refractivity contribution in [1.82, 2.24) is 20.8 Å². The summed E-state index contributed by atoms with van der Waals surface area (Å²) in [6, 6.07) is 1.94. The Morgan fingerprint density at radius 2 is 2.42 bits per heavy atom. The molecule has 0 atom stereocenters. The Morgan fingerprint density at radius 1 is 1.53 bits per heavy atom. The summed E-state index contributed by atoms with van der Waals surface area (Å²) in [5.74, 6) is 1.65. The maximum absolute atomic E-state index is 5.58. The maximum atomic E-state index is 5.58. The zero-order chi connectivity index (χ0) is 13.3. The topological polar surface area (TPSA) is 74.3 Å². The van der Waals surface area contributed by atoms with Crippen molar-refractivity contribution in [3.63, 3.8) is 0 Å². The van der Waals surface area contributed by atoms with Gasteiger partial charge in [0.05, 0.1) is 12.2 Å². The number of nitrogens with one attached hydrogen (secondary N) is 3. The largest absolute Gasteiger partial charge is 0.381 e. The quantitative estimate of drug-likeness (QED) is 0.371. The molecule has 0 spiro atoms. The molecular weight excluding hydrogens is 242 g/mol. The lowest BCUT2D eigenvalue weighted by Gasteiger charge is -2.11. The Bertz CT molecular complexity index is 372. The number of aromatic amines is 1. The Kier molecular flexibility index (Phi) is 5.68. The smallest absolute Gasteiger partial charge is 0.191 e. The third kappa shape index (κ3) is 5.74. The minimum Gasteiger partial charge on any atom is -0.381 e. The fourth-order valence-corrected chi connectivity index (χ4v) is 1.70. The van der Waals surface area contributed by atoms with Gasteiger partial charge in [-0.2, -0.15) is 5.10 Å². The van der Waals surface area contributed by atoms with Crippen LogP contribution in [0.5, 0.6) is 0 Å². The second kappa shape index (κ2) is 7.78. The van der Waals surface area contributed by atoms with Gasteiger partial charge in [0.1, 0.15) is 0 Å². The van der Waals surface area contributed by atoms with Crippen molar-refractivity contribution in [2.75, 3.05) is 26.8 Å². The molecule has 106 valence electrons. The molecular formula is C13H23N5O. The second-order valence-electron chi connectivity index (χ2n) is 4.81. The molecule has 0 radical (unpaired) electrons. The van der Waals surface area contributed by atoms with Gasteiger partial charge in [0.25, 0.3) is 0 Å². The molecule has 1 aliphatic carbocycles. The molecule has 1 heterocycles. The first-order chi connectivity index (χ1) is 9.38. The van der Waals surface area contributed by atoms with Crippen molar-refractivity contribution in [2.45, 2.75) is 25.8 Å². The van der Waals surface area contributed by atoms with Crippen molar-refractivity contribution >= 4 is 5.96 Å². The van der Waals surface area contributed by atoms with Gasteiger partial charge in [-0.05, 0) is 31.2 Å². The van der Waals surface area contributed by atoms with Gasteiger partial charge in [-0.25, -0.2) is 0 Å². The average molecular weight is 265 g/mol. The van der Waals surface area contributed by atoms with Crippen molar-refractivity contribution in [3.05, 3.63) is 18.0 Å². The van der Waals surface area contributed by atoms with Crippen LogP contribution in [0.1, 0.15) is 25.0 Å². The summed E-state index contributed by atoms with van der Waals surface area (Å²) in [7, 11) is 1.77. The fraction of sp³-hybridized carbons (Fsp3) is 0.692. The number of hydrogen-bond donors (Lipinski definition) is 3. The van der Waals surface area contributed by atoms with Gasteiger partial charge in [-0.1, -0.05) is 0 Å². The summed E-state index contributed by atoms with van der Waals surface area (Å²) in [6.45, 7) is 3.32. The van der Waals surface area contributed by atoms with E-state index in [1.807, 2.05) is 6.07 Å². The Morgan fingerprint density at radius 3 is 3.11 bits per heavy atom. The van der Waals surface area contributed by atoms with E-state index >= 15 is 0 Å². The minimum absolute atomic E-state index is 0.692. The predicted molar refractivity (Wildman–Crippen MR) is 74.9 cm³/mol. The van der Waals surface area contributed by atoms with Crippen LogP contribution < -0.4 is 10.6 Å². The molecule has 1 aromatic heterocycles. The highest BCUT2D eigenvalue weighted by molar-refractivity contribution is 5.79. The Labute approximate surface area is 114 Å². The van der Waals surface area contributed by atoms with Crippen molar-refractivity contribution in [1.29, 1.82) is 0 Å². The predicted octanol–water partition coefficient (Wildman–Crippen LogP) is 0.891. The van der Waals surface area contributed by atoms with Crippen molar-refractivity contribution in [3.8, 4) is 0 Å². The maximum Gasteiger partial charge on any atom is 0.191 e. The van der Waals surface area contributed by atoms with Crippen LogP contribution in [-0.4, -0.2) is 43.0 Å². The molecule has 3 N–H and O–H groups in total. The van der Waals surface area contributed by atoms with Crippen LogP contribution in [0.2, 0.25) is 0 Å². The molecule has 0 saturated heterocycles. The van der Waals surface area contributed by atoms with E-state index in [1.165, 1.54) is 12.8 Å². The van der Waals surface area contributed by atoms with E-state index in [1.54, 1.807) is 13.2 Å². The lowest BCUT2D eigenvalue weighted by Crippen LogP contribution is -2.37. The van der Waals surface area contributed by atoms with Gasteiger partial charge in [0.2, 0.25) is 0 Å². The highest BCUT2D eigenvalue weighted by Crippen LogP contribution is 2.28. The SMILES string of the molecule is CN=C(NCCCOCC1CC1)NCc1ccn[nH]1. The van der Waals surface area contributed by atoms with Crippen LogP contribution in [0.4, 0.5) is 0 Å². The fourth-order valence-electron chi connectivity index (χ4n) is 1.70. The molecule has 6 nitrogen and oxygen atoms in total. The monoisotopic (exact) mass is 265 g/mol. The van der Waals surface area contributed by atoms with E-state index in [0.717, 1.165) is 43.8 Å². The summed E-state index contributed by atoms with van der Waals surface area (Å²) in [4.78, 5) is 4.16. The highest BCUT2D eigenvalue weighted by Gasteiger charge is 2.20. The Balaban J connectivity index is 1.49. The molecule has 0 unspecified atom stereocenters. The van der Waals surface area contributed by atoms with Gasteiger partial charge in [-0.3, -0.25) is 10.1 Å². The third-order valence-electron chi connectivity index (χ3n) is 3.04. The zero-order valence-electron chi connectivity index (χ0n) is 11.5. The van der Waals surface area contributed by atoms with E-state index in [9.17, 15) is 0 Å². The number of nitrogens with zero attached hydrogens (tertiary/aromatic N) is 2. The molecule has 6 heteroatoms. The normalized spacial score (nSPS) is 15.5. The van der Waals surface area contributed by atoms with Gasteiger partial charge in [-0.15, -0.1) is 0 Å². The number of aromatic nitrogens is 2. The zero-order valence-corrected chi connectivity index (χ0v) is 11.5. The van der Waals surface area contributed by atoms with Gasteiger partial charge < -0.3 is 15.4 Å². The van der Waals surface area contributed by atoms with Crippen LogP contribution in [0, 0.1) is 5.92 Å². The lowest BCUT2D eigenvalue weighted by molar-refractivity contribution is 0.123. The molecule has 19 heavy (non-hydrogen) atoms. The van der Waals surface area contributed by atoms with Crippen molar-refractivity contribution in [2.24, 2.45) is 10.9 Å². The standard InChI is InChI=1S/C13H23N5O/c1-14-13(16-9-12-5-7-17-18-12)15-6-2-8-19-10-11-3-4-11/h5,7,11H,2-4,6,8-10H2,1H3,(H,17,18)(H2,14,15,16). The van der Waals surface area contributed by atoms with Crippen LogP contribution in [-0.2, 0) is 11.3 Å². The van der Waals surface area contributed by atoms with E-state index < -0.39 is 0 Å². The first kappa shape index (κ1) is 13.9. The van der Waals surface area contributed by atoms with Crippen LogP contribution in [0.25, 0.3) is 0 Å². The number of H-pyrrole nitrogens is 1. The van der Waals surface area contributed by atoms with E-state index in [2.05, 4.69) is 25.8 Å². The molecule has 0 aromatic carbocycles. The van der Waals surface area contributed by atoms with Crippen LogP contribution in [0.15, 0.2) is 17.3 Å². The first-order valence-corrected chi connectivity index (χ1v) is 6.89. The molecule has 0 amide bonds. The number of guanidine groups is 1. The summed E-state index contributed by atoms with van der Waals surface area (Å²) < 4.78 is 5.58. The molecule has 1 aliphatic rings. The van der Waals surface area contributed by atoms with Crippen molar-refractivity contribution < 1.29 is 4.74 Å². The summed E-state index contributed by atoms with van der Waals surface area (Å²) in [5.41, 5.74) is 1.04. The number of hydrogen-bond acceptors (Lipinski definition) is 3. The molecule has 2 rings (SSSR count).